The SMILES string of the molecule is COc1ccc(Cl)cc1N1C(=O)[C@@H]2[C@H]3C=C[C@@](CO)(O3)[C@H]2C1=O. The number of hydrogen-bond donors (Lipinski definition) is 1. The number of rotatable bonds is 3. The van der Waals surface area contributed by atoms with E-state index >= 15 is 0 Å². The fourth-order valence-corrected chi connectivity index (χ4v) is 3.93. The van der Waals surface area contributed by atoms with Crippen molar-refractivity contribution in [1.29, 1.82) is 0 Å². The monoisotopic (exact) mass is 335 g/mol. The van der Waals surface area contributed by atoms with Gasteiger partial charge in [0.15, 0.2) is 0 Å². The molecule has 0 aromatic heterocycles. The fraction of sp³-hybridized carbons (Fsp3) is 0.375. The molecule has 0 aliphatic carbocycles. The van der Waals surface area contributed by atoms with E-state index in [1.54, 1.807) is 24.3 Å². The number of aliphatic hydroxyl groups excluding tert-OH is 1. The Bertz CT molecular complexity index is 748. The third kappa shape index (κ3) is 1.77. The first-order chi connectivity index (χ1) is 11.0. The van der Waals surface area contributed by atoms with E-state index in [0.717, 1.165) is 4.90 Å². The predicted octanol–water partition coefficient (Wildman–Crippen LogP) is 1.15. The van der Waals surface area contributed by atoms with E-state index in [4.69, 9.17) is 21.1 Å². The largest absolute Gasteiger partial charge is 0.495 e. The Morgan fingerprint density at radius 1 is 1.39 bits per heavy atom. The van der Waals surface area contributed by atoms with Crippen molar-refractivity contribution >= 4 is 29.1 Å². The number of carbonyl (C=O) groups excluding carboxylic acids is 2. The molecule has 4 atom stereocenters. The lowest BCUT2D eigenvalue weighted by molar-refractivity contribution is -0.128. The van der Waals surface area contributed by atoms with Crippen molar-refractivity contribution in [1.82, 2.24) is 0 Å². The topological polar surface area (TPSA) is 76.1 Å². The summed E-state index contributed by atoms with van der Waals surface area (Å²) in [6.07, 6.45) is 2.93. The van der Waals surface area contributed by atoms with Gasteiger partial charge in [-0.2, -0.15) is 0 Å². The van der Waals surface area contributed by atoms with Crippen LogP contribution in [0.4, 0.5) is 5.69 Å². The second kappa shape index (κ2) is 4.80. The summed E-state index contributed by atoms with van der Waals surface area (Å²) in [6.45, 7) is -0.347. The van der Waals surface area contributed by atoms with Crippen LogP contribution in [0, 0.1) is 11.8 Å². The molecule has 2 saturated heterocycles. The van der Waals surface area contributed by atoms with Crippen LogP contribution in [0.5, 0.6) is 5.75 Å². The minimum absolute atomic E-state index is 0.317. The lowest BCUT2D eigenvalue weighted by atomic mass is 9.77. The van der Waals surface area contributed by atoms with Gasteiger partial charge in [0.25, 0.3) is 0 Å². The predicted molar refractivity (Wildman–Crippen MR) is 81.3 cm³/mol. The third-order valence-electron chi connectivity index (χ3n) is 4.78. The highest BCUT2D eigenvalue weighted by molar-refractivity contribution is 6.31. The summed E-state index contributed by atoms with van der Waals surface area (Å²) in [5.74, 6) is -1.72. The maximum atomic E-state index is 12.9. The van der Waals surface area contributed by atoms with Crippen LogP contribution in [0.15, 0.2) is 30.4 Å². The van der Waals surface area contributed by atoms with E-state index in [9.17, 15) is 14.7 Å². The van der Waals surface area contributed by atoms with Crippen LogP contribution in [-0.2, 0) is 14.3 Å². The average Bonchev–Trinajstić information content (AvgIpc) is 3.18. The van der Waals surface area contributed by atoms with Gasteiger partial charge < -0.3 is 14.6 Å². The molecule has 2 bridgehead atoms. The molecule has 2 fully saturated rings. The zero-order valence-electron chi connectivity index (χ0n) is 12.2. The Labute approximate surface area is 137 Å². The molecule has 0 saturated carbocycles. The summed E-state index contributed by atoms with van der Waals surface area (Å²) in [4.78, 5) is 26.9. The molecule has 120 valence electrons. The molecule has 6 nitrogen and oxygen atoms in total. The first kappa shape index (κ1) is 14.7. The molecule has 23 heavy (non-hydrogen) atoms. The van der Waals surface area contributed by atoms with Crippen molar-refractivity contribution in [3.05, 3.63) is 35.4 Å². The number of halogens is 1. The van der Waals surface area contributed by atoms with Gasteiger partial charge >= 0.3 is 0 Å². The molecular formula is C16H14ClNO5. The molecule has 0 unspecified atom stereocenters. The van der Waals surface area contributed by atoms with Crippen LogP contribution in [-0.4, -0.2) is 42.3 Å². The molecule has 1 N–H and O–H groups in total. The van der Waals surface area contributed by atoms with Crippen LogP contribution in [0.2, 0.25) is 5.02 Å². The number of hydrogen-bond acceptors (Lipinski definition) is 5. The molecule has 3 aliphatic heterocycles. The van der Waals surface area contributed by atoms with E-state index in [1.165, 1.54) is 13.2 Å². The highest BCUT2D eigenvalue weighted by Crippen LogP contribution is 2.53. The van der Waals surface area contributed by atoms with Gasteiger partial charge in [-0.15, -0.1) is 0 Å². The van der Waals surface area contributed by atoms with E-state index in [1.807, 2.05) is 0 Å². The van der Waals surface area contributed by atoms with Gasteiger partial charge in [-0.3, -0.25) is 9.59 Å². The molecule has 7 heteroatoms. The van der Waals surface area contributed by atoms with Crippen LogP contribution >= 0.6 is 11.6 Å². The number of fused-ring (bicyclic) bond motifs is 5. The van der Waals surface area contributed by atoms with Crippen LogP contribution < -0.4 is 9.64 Å². The van der Waals surface area contributed by atoms with Crippen molar-refractivity contribution < 1.29 is 24.2 Å². The Hall–Kier alpha value is -1.89. The Morgan fingerprint density at radius 3 is 2.87 bits per heavy atom. The lowest BCUT2D eigenvalue weighted by Crippen LogP contribution is -2.43. The van der Waals surface area contributed by atoms with Crippen LogP contribution in [0.3, 0.4) is 0 Å². The van der Waals surface area contributed by atoms with Gasteiger partial charge in [0.05, 0.1) is 37.3 Å². The van der Waals surface area contributed by atoms with Crippen molar-refractivity contribution in [3.8, 4) is 5.75 Å². The van der Waals surface area contributed by atoms with Gasteiger partial charge in [-0.05, 0) is 18.2 Å². The van der Waals surface area contributed by atoms with E-state index in [-0.39, 0.29) is 12.5 Å². The van der Waals surface area contributed by atoms with Crippen LogP contribution in [0.1, 0.15) is 0 Å². The second-order valence-corrected chi connectivity index (χ2v) is 6.32. The van der Waals surface area contributed by atoms with Crippen molar-refractivity contribution in [2.24, 2.45) is 11.8 Å². The molecule has 1 aromatic rings. The summed E-state index contributed by atoms with van der Waals surface area (Å²) >= 11 is 6.01. The van der Waals surface area contributed by atoms with Crippen LogP contribution in [0.25, 0.3) is 0 Å². The van der Waals surface area contributed by atoms with E-state index in [0.29, 0.717) is 16.5 Å². The minimum Gasteiger partial charge on any atom is -0.495 e. The molecule has 4 rings (SSSR count). The zero-order valence-corrected chi connectivity index (χ0v) is 13.0. The number of ether oxygens (including phenoxy) is 2. The summed E-state index contributed by atoms with van der Waals surface area (Å²) in [5.41, 5.74) is -0.792. The van der Waals surface area contributed by atoms with Gasteiger partial charge in [-0.25, -0.2) is 4.90 Å². The highest BCUT2D eigenvalue weighted by atomic mass is 35.5. The van der Waals surface area contributed by atoms with Gasteiger partial charge in [0, 0.05) is 5.02 Å². The number of imide groups is 1. The van der Waals surface area contributed by atoms with E-state index < -0.39 is 29.4 Å². The highest BCUT2D eigenvalue weighted by Gasteiger charge is 2.67. The normalized spacial score (nSPS) is 34.4. The molecule has 0 radical (unpaired) electrons. The molecule has 3 aliphatic rings. The van der Waals surface area contributed by atoms with E-state index in [2.05, 4.69) is 0 Å². The maximum Gasteiger partial charge on any atom is 0.241 e. The minimum atomic E-state index is -1.11. The first-order valence-corrected chi connectivity index (χ1v) is 7.59. The number of amides is 2. The molecular weight excluding hydrogens is 322 g/mol. The number of aliphatic hydroxyl groups is 1. The Balaban J connectivity index is 1.81. The number of nitrogens with zero attached hydrogens (tertiary/aromatic N) is 1. The van der Waals surface area contributed by atoms with Gasteiger partial charge in [0.1, 0.15) is 11.4 Å². The average molecular weight is 336 g/mol. The standard InChI is InChI=1S/C16H14ClNO5/c1-22-10-3-2-8(17)6-9(10)18-14(20)12-11-4-5-16(7-19,23-11)13(12)15(18)21/h2-6,11-13,19H,7H2,1H3/t11-,12-,13-,16+/m1/s1. The van der Waals surface area contributed by atoms with Crippen molar-refractivity contribution in [2.45, 2.75) is 11.7 Å². The summed E-state index contributed by atoms with van der Waals surface area (Å²) < 4.78 is 10.9. The van der Waals surface area contributed by atoms with Gasteiger partial charge in [-0.1, -0.05) is 23.8 Å². The first-order valence-electron chi connectivity index (χ1n) is 7.22. The number of methoxy groups -OCH3 is 1. The fourth-order valence-electron chi connectivity index (χ4n) is 3.76. The van der Waals surface area contributed by atoms with Crippen molar-refractivity contribution in [2.75, 3.05) is 18.6 Å². The summed E-state index contributed by atoms with van der Waals surface area (Å²) in [6, 6.07) is 4.76. The smallest absolute Gasteiger partial charge is 0.241 e. The number of benzene rings is 1. The second-order valence-electron chi connectivity index (χ2n) is 5.89. The molecule has 1 aromatic carbocycles. The quantitative estimate of drug-likeness (QED) is 0.662. The number of anilines is 1. The van der Waals surface area contributed by atoms with Gasteiger partial charge in [0.2, 0.25) is 11.8 Å². The zero-order chi connectivity index (χ0) is 16.4. The summed E-state index contributed by atoms with van der Waals surface area (Å²) in [7, 11) is 1.46. The lowest BCUT2D eigenvalue weighted by Gasteiger charge is -2.26. The van der Waals surface area contributed by atoms with Crippen molar-refractivity contribution in [3.63, 3.8) is 0 Å². The summed E-state index contributed by atoms with van der Waals surface area (Å²) in [5, 5.41) is 10.1. The molecule has 3 heterocycles. The molecule has 0 spiro atoms. The Morgan fingerprint density at radius 2 is 2.17 bits per heavy atom. The molecule has 2 amide bonds. The Kier molecular flexibility index (Phi) is 3.07. The maximum absolute atomic E-state index is 12.9. The third-order valence-corrected chi connectivity index (χ3v) is 5.02. The number of carbonyl (C=O) groups is 2.